The van der Waals surface area contributed by atoms with Gasteiger partial charge in [0, 0.05) is 29.5 Å². The average molecular weight is 352 g/mol. The van der Waals surface area contributed by atoms with Crippen molar-refractivity contribution in [3.05, 3.63) is 51.2 Å². The third kappa shape index (κ3) is 3.60. The number of hydrogen-bond donors (Lipinski definition) is 0. The van der Waals surface area contributed by atoms with Crippen LogP contribution in [0.4, 0.5) is 5.69 Å². The number of nitrogens with zero attached hydrogens (tertiary/aromatic N) is 4. The topological polar surface area (TPSA) is 129 Å². The van der Waals surface area contributed by atoms with Crippen molar-refractivity contribution in [3.8, 4) is 12.1 Å². The molecule has 8 heteroatoms. The van der Waals surface area contributed by atoms with Gasteiger partial charge in [0.1, 0.15) is 6.07 Å². The van der Waals surface area contributed by atoms with Crippen molar-refractivity contribution in [1.29, 1.82) is 10.5 Å². The summed E-state index contributed by atoms with van der Waals surface area (Å²) < 4.78 is 5.10. The predicted molar refractivity (Wildman–Crippen MR) is 91.9 cm³/mol. The number of benzene rings is 1. The summed E-state index contributed by atoms with van der Waals surface area (Å²) in [5, 5.41) is 29.6. The summed E-state index contributed by atoms with van der Waals surface area (Å²) in [5.74, 6) is -2.30. The van der Waals surface area contributed by atoms with Crippen molar-refractivity contribution >= 4 is 17.4 Å². The standard InChI is InChI=1S/C18H16N4O4/c1-10(8-19)26-18(23)16-12(3)21-11(2)15(9-20)17(16)13-5-4-6-14(7-13)22(24)25/h4-7,10,15,17H,1-3H3. The van der Waals surface area contributed by atoms with Crippen LogP contribution in [-0.4, -0.2) is 22.7 Å². The molecule has 0 fully saturated rings. The van der Waals surface area contributed by atoms with Gasteiger partial charge < -0.3 is 4.74 Å². The van der Waals surface area contributed by atoms with Crippen LogP contribution in [0.2, 0.25) is 0 Å². The quantitative estimate of drug-likeness (QED) is 0.465. The lowest BCUT2D eigenvalue weighted by Gasteiger charge is -2.29. The molecule has 0 saturated heterocycles. The number of hydrogen-bond acceptors (Lipinski definition) is 7. The normalized spacial score (nSPS) is 20.4. The lowest BCUT2D eigenvalue weighted by atomic mass is 9.76. The molecule has 0 aliphatic carbocycles. The van der Waals surface area contributed by atoms with Crippen LogP contribution in [0.15, 0.2) is 40.5 Å². The van der Waals surface area contributed by atoms with Crippen molar-refractivity contribution in [2.45, 2.75) is 32.8 Å². The van der Waals surface area contributed by atoms with Crippen LogP contribution in [0.5, 0.6) is 0 Å². The van der Waals surface area contributed by atoms with Gasteiger partial charge in [0.25, 0.3) is 5.69 Å². The molecule has 26 heavy (non-hydrogen) atoms. The van der Waals surface area contributed by atoms with E-state index in [9.17, 15) is 20.2 Å². The van der Waals surface area contributed by atoms with Gasteiger partial charge in [-0.15, -0.1) is 0 Å². The van der Waals surface area contributed by atoms with E-state index in [0.29, 0.717) is 17.0 Å². The number of nitriles is 2. The molecule has 0 amide bonds. The molecule has 0 aromatic heterocycles. The van der Waals surface area contributed by atoms with Gasteiger partial charge in [-0.3, -0.25) is 15.1 Å². The second kappa shape index (κ2) is 7.58. The molecule has 3 atom stereocenters. The lowest BCUT2D eigenvalue weighted by Crippen LogP contribution is -2.30. The predicted octanol–water partition coefficient (Wildman–Crippen LogP) is 3.02. The maximum Gasteiger partial charge on any atom is 0.337 e. The van der Waals surface area contributed by atoms with Gasteiger partial charge >= 0.3 is 5.97 Å². The van der Waals surface area contributed by atoms with E-state index in [1.54, 1.807) is 26.0 Å². The minimum atomic E-state index is -0.971. The van der Waals surface area contributed by atoms with E-state index in [1.165, 1.54) is 25.1 Å². The molecule has 0 bridgehead atoms. The minimum Gasteiger partial charge on any atom is -0.444 e. The highest BCUT2D eigenvalue weighted by molar-refractivity contribution is 5.98. The van der Waals surface area contributed by atoms with Gasteiger partial charge in [-0.2, -0.15) is 10.5 Å². The molecular formula is C18H16N4O4. The summed E-state index contributed by atoms with van der Waals surface area (Å²) in [6, 6.07) is 9.71. The maximum absolute atomic E-state index is 12.6. The summed E-state index contributed by atoms with van der Waals surface area (Å²) in [5.41, 5.74) is 1.29. The van der Waals surface area contributed by atoms with E-state index in [2.05, 4.69) is 11.1 Å². The average Bonchev–Trinajstić information content (AvgIpc) is 2.60. The largest absolute Gasteiger partial charge is 0.444 e. The van der Waals surface area contributed by atoms with Gasteiger partial charge in [-0.25, -0.2) is 4.79 Å². The number of nitro benzene ring substituents is 1. The highest BCUT2D eigenvalue weighted by Crippen LogP contribution is 2.40. The number of esters is 1. The first kappa shape index (κ1) is 18.8. The number of aliphatic imine (C=N–C) groups is 1. The Bertz CT molecular complexity index is 905. The number of carbonyl (C=O) groups excluding carboxylic acids is 1. The summed E-state index contributed by atoms with van der Waals surface area (Å²) >= 11 is 0. The smallest absolute Gasteiger partial charge is 0.337 e. The zero-order chi connectivity index (χ0) is 19.4. The fourth-order valence-corrected chi connectivity index (χ4v) is 2.91. The van der Waals surface area contributed by atoms with Crippen molar-refractivity contribution in [2.24, 2.45) is 10.9 Å². The number of non-ortho nitro benzene ring substituents is 1. The lowest BCUT2D eigenvalue weighted by molar-refractivity contribution is -0.384. The minimum absolute atomic E-state index is 0.129. The molecule has 0 saturated carbocycles. The molecule has 1 aromatic carbocycles. The third-order valence-electron chi connectivity index (χ3n) is 4.09. The van der Waals surface area contributed by atoms with Gasteiger partial charge in [0.2, 0.25) is 0 Å². The van der Waals surface area contributed by atoms with Gasteiger partial charge in [-0.1, -0.05) is 12.1 Å². The van der Waals surface area contributed by atoms with Crippen LogP contribution in [0.3, 0.4) is 0 Å². The molecule has 0 spiro atoms. The van der Waals surface area contributed by atoms with Crippen molar-refractivity contribution < 1.29 is 14.5 Å². The van der Waals surface area contributed by atoms with E-state index in [1.807, 2.05) is 0 Å². The van der Waals surface area contributed by atoms with Gasteiger partial charge in [0.05, 0.1) is 22.5 Å². The molecule has 1 aromatic rings. The highest BCUT2D eigenvalue weighted by atomic mass is 16.6. The molecule has 1 aliphatic rings. The monoisotopic (exact) mass is 352 g/mol. The first-order valence-corrected chi connectivity index (χ1v) is 7.80. The Morgan fingerprint density at radius 1 is 1.38 bits per heavy atom. The first-order valence-electron chi connectivity index (χ1n) is 7.80. The number of rotatable bonds is 4. The Hall–Kier alpha value is -3.52. The highest BCUT2D eigenvalue weighted by Gasteiger charge is 2.38. The molecule has 3 unspecified atom stereocenters. The number of ether oxygens (including phenoxy) is 1. The second-order valence-corrected chi connectivity index (χ2v) is 5.87. The molecule has 132 valence electrons. The Morgan fingerprint density at radius 3 is 2.65 bits per heavy atom. The van der Waals surface area contributed by atoms with Crippen molar-refractivity contribution in [2.75, 3.05) is 0 Å². The van der Waals surface area contributed by atoms with Crippen LogP contribution in [0.1, 0.15) is 32.3 Å². The Kier molecular flexibility index (Phi) is 5.48. The van der Waals surface area contributed by atoms with Gasteiger partial charge in [-0.05, 0) is 26.3 Å². The molecule has 0 N–H and O–H groups in total. The van der Waals surface area contributed by atoms with E-state index in [0.717, 1.165) is 0 Å². The third-order valence-corrected chi connectivity index (χ3v) is 4.09. The van der Waals surface area contributed by atoms with E-state index >= 15 is 0 Å². The SMILES string of the molecule is CC1=NC(C)=C(C(=O)OC(C)C#N)C(c2cccc([N+](=O)[O-])c2)C1C#N. The number of nitro groups is 1. The summed E-state index contributed by atoms with van der Waals surface area (Å²) in [4.78, 5) is 27.4. The zero-order valence-electron chi connectivity index (χ0n) is 14.5. The molecule has 8 nitrogen and oxygen atoms in total. The van der Waals surface area contributed by atoms with Crippen molar-refractivity contribution in [1.82, 2.24) is 0 Å². The second-order valence-electron chi connectivity index (χ2n) is 5.87. The van der Waals surface area contributed by atoms with Crippen LogP contribution in [-0.2, 0) is 9.53 Å². The maximum atomic E-state index is 12.6. The van der Waals surface area contributed by atoms with E-state index in [-0.39, 0.29) is 11.3 Å². The molecule has 1 aliphatic heterocycles. The van der Waals surface area contributed by atoms with Crippen LogP contribution < -0.4 is 0 Å². The number of carbonyl (C=O) groups is 1. The Labute approximate surface area is 150 Å². The summed E-state index contributed by atoms with van der Waals surface area (Å²) in [6.07, 6.45) is -0.971. The molecular weight excluding hydrogens is 336 g/mol. The van der Waals surface area contributed by atoms with Crippen LogP contribution in [0, 0.1) is 38.7 Å². The Morgan fingerprint density at radius 2 is 2.08 bits per heavy atom. The summed E-state index contributed by atoms with van der Waals surface area (Å²) in [6.45, 7) is 4.70. The zero-order valence-corrected chi connectivity index (χ0v) is 14.5. The fraction of sp³-hybridized carbons (Fsp3) is 0.333. The molecule has 0 radical (unpaired) electrons. The van der Waals surface area contributed by atoms with E-state index in [4.69, 9.17) is 10.00 Å². The van der Waals surface area contributed by atoms with Crippen LogP contribution >= 0.6 is 0 Å². The van der Waals surface area contributed by atoms with Crippen molar-refractivity contribution in [3.63, 3.8) is 0 Å². The van der Waals surface area contributed by atoms with Gasteiger partial charge in [0.15, 0.2) is 6.10 Å². The molecule has 2 rings (SSSR count). The Balaban J connectivity index is 2.61. The first-order chi connectivity index (χ1) is 12.3. The summed E-state index contributed by atoms with van der Waals surface area (Å²) in [7, 11) is 0. The van der Waals surface area contributed by atoms with Crippen LogP contribution in [0.25, 0.3) is 0 Å². The number of allylic oxidation sites excluding steroid dienone is 1. The molecule has 1 heterocycles. The van der Waals surface area contributed by atoms with E-state index < -0.39 is 28.8 Å². The fourth-order valence-electron chi connectivity index (χ4n) is 2.91.